The van der Waals surface area contributed by atoms with Crippen LogP contribution < -0.4 is 34.4 Å². The van der Waals surface area contributed by atoms with Gasteiger partial charge in [0, 0.05) is 18.6 Å². The third-order valence-electron chi connectivity index (χ3n) is 22.2. The number of imidazole rings is 6. The van der Waals surface area contributed by atoms with Gasteiger partial charge in [-0.15, -0.1) is 0 Å². The Morgan fingerprint density at radius 3 is 1.02 bits per heavy atom. The molecule has 9 aliphatic rings. The summed E-state index contributed by atoms with van der Waals surface area (Å²) in [7, 11) is -28.8. The van der Waals surface area contributed by atoms with Gasteiger partial charge in [0.05, 0.1) is 81.5 Å². The first-order valence-electron chi connectivity index (χ1n) is 39.5. The van der Waals surface area contributed by atoms with Crippen LogP contribution in [0.25, 0.3) is 67.0 Å². The van der Waals surface area contributed by atoms with E-state index in [-0.39, 0.29) is 67.9 Å². The summed E-state index contributed by atoms with van der Waals surface area (Å²) < 4.78 is 187. The molecule has 0 saturated carbocycles. The van der Waals surface area contributed by atoms with E-state index in [1.807, 2.05) is 0 Å². The lowest BCUT2D eigenvalue weighted by molar-refractivity contribution is -0.174. The molecular weight excluding hydrogens is 1920 g/mol. The number of hydrogen-bond donors (Lipinski definition) is 18. The van der Waals surface area contributed by atoms with E-state index in [4.69, 9.17) is 118 Å². The number of fused-ring (bicyclic) bond motifs is 15. The fourth-order valence-corrected chi connectivity index (χ4v) is 22.0. The average molecular weight is 2000 g/mol. The van der Waals surface area contributed by atoms with Crippen molar-refractivity contribution >= 4 is 148 Å². The van der Waals surface area contributed by atoms with Crippen molar-refractivity contribution in [3.8, 4) is 0 Å². The Labute approximate surface area is 745 Å². The van der Waals surface area contributed by atoms with E-state index in [1.165, 1.54) is 115 Å². The monoisotopic (exact) mass is 2000 g/mol. The summed E-state index contributed by atoms with van der Waals surface area (Å²) >= 11 is 0. The predicted molar refractivity (Wildman–Crippen MR) is 438 cm³/mol. The standard InChI is InChI=1S/2C22H27N9O12P2.C21H25N9O12P2/c23-9-1-2-25-19-12(9)28-6-31(19)22-17-14(32)10(40-22)4-39-45(36,37)43-16-11(3-38-8-44(34,35)42-17)41-21(15(16)33)30-7-29-13-18(24)26-5-27-20(13)30;23-9-1-2-25-19-12(9)28-6-30(19)21-15(33)16-11(41-21)4-39-45(36,37)43-17-14(32)10(3-38-8-44(34,35)42-16)40-22(17)31-7-29-13-18(24)26-5-27-20(13)31;22-8-1-2-24-16-9(8)27-4-29(16)18-11(31)14-21(39-18)38-7-43(33,34)41-13-12(32)20(37-6-44(35,36)42-14)40-19(13)30-5-28-10-15(23)25-3-26-17(10)30/h2*1-2,5-7,10-11,14-17,21-22,32-33H,3-4,8H2,(H2,23,25)(H,34,35)(H,36,37)(H2,24,26,27);1-5,11-14,18-21,31-32H,6-7H2,(H2,22,24)(H,33,34)(H,35,36)(H2,23,25,26)/t2*10-,11-,14+,15?,16+,17?,21-,22-;11?,12-,13?,14-,18-,19-,20+,21+/m111/s1. The summed E-state index contributed by atoms with van der Waals surface area (Å²) in [6.07, 6.45) is -24.5. The molecule has 12 aromatic rings. The van der Waals surface area contributed by atoms with E-state index in [2.05, 4.69) is 74.8 Å². The van der Waals surface area contributed by atoms with Gasteiger partial charge in [0.2, 0.25) is 0 Å². The van der Waals surface area contributed by atoms with E-state index in [0.717, 1.165) is 6.33 Å². The predicted octanol–water partition coefficient (Wildman–Crippen LogP) is -3.00. The largest absolute Gasteiger partial charge is 0.472 e. The van der Waals surface area contributed by atoms with Crippen LogP contribution in [0.5, 0.6) is 0 Å². The second-order valence-corrected chi connectivity index (χ2v) is 40.8. The molecule has 21 rings (SSSR count). The van der Waals surface area contributed by atoms with Gasteiger partial charge in [0.15, 0.2) is 114 Å². The Morgan fingerprint density at radius 1 is 0.291 bits per heavy atom. The van der Waals surface area contributed by atoms with Crippen molar-refractivity contribution in [2.24, 2.45) is 0 Å². The van der Waals surface area contributed by atoms with Crippen LogP contribution in [0.1, 0.15) is 37.4 Å². The molecule has 69 heteroatoms. The molecule has 30 atom stereocenters. The minimum absolute atomic E-state index is 0.0360. The highest BCUT2D eigenvalue weighted by molar-refractivity contribution is 7.53. The van der Waals surface area contributed by atoms with Crippen LogP contribution in [0.2, 0.25) is 0 Å². The molecule has 9 fully saturated rings. The van der Waals surface area contributed by atoms with Crippen LogP contribution in [-0.4, -0.2) is 324 Å². The van der Waals surface area contributed by atoms with Gasteiger partial charge in [0.25, 0.3) is 0 Å². The van der Waals surface area contributed by atoms with Crippen molar-refractivity contribution in [3.05, 3.63) is 93.7 Å². The molecule has 21 heterocycles. The number of ether oxygens (including phenoxy) is 10. The minimum Gasteiger partial charge on any atom is -0.397 e. The van der Waals surface area contributed by atoms with Gasteiger partial charge < -0.3 is 142 Å². The zero-order valence-electron chi connectivity index (χ0n) is 67.9. The van der Waals surface area contributed by atoms with E-state index in [1.54, 1.807) is 0 Å². The second kappa shape index (κ2) is 36.1. The van der Waals surface area contributed by atoms with Gasteiger partial charge >= 0.3 is 46.0 Å². The van der Waals surface area contributed by atoms with E-state index >= 15 is 0 Å². The third-order valence-corrected chi connectivity index (χ3v) is 28.4. The number of phosphoric acid groups is 2. The number of aromatic nitrogens is 21. The highest BCUT2D eigenvalue weighted by Crippen LogP contribution is 2.58. The summed E-state index contributed by atoms with van der Waals surface area (Å²) in [5.74, 6) is 0.158. The number of nitrogens with two attached hydrogens (primary N) is 6. The van der Waals surface area contributed by atoms with Gasteiger partial charge in [-0.2, -0.15) is 0 Å². The van der Waals surface area contributed by atoms with Crippen molar-refractivity contribution < 1.29 is 171 Å². The quantitative estimate of drug-likeness (QED) is 0.0738. The average Bonchev–Trinajstić information content (AvgIpc) is 1.62. The van der Waals surface area contributed by atoms with Gasteiger partial charge in [-0.05, 0) is 18.2 Å². The summed E-state index contributed by atoms with van der Waals surface area (Å²) in [6.45, 7) is -2.50. The van der Waals surface area contributed by atoms with Crippen LogP contribution in [0.4, 0.5) is 34.5 Å². The molecule has 9 saturated heterocycles. The Hall–Kier alpha value is -9.51. The molecule has 63 nitrogen and oxygen atoms in total. The number of aliphatic hydroxyl groups excluding tert-OH is 6. The SMILES string of the molecule is Nc1ccnc2c1ncn2[C@@H]1O[C@@H]2COP(=O)(O)O[C@@H]3C(O)[C@H](n4cnc5c(N)ncnc54)O[C@@H]3COCP(=O)(O)OC1[C@H]2O.Nc1ncnc2c1ncn2[C@@H]1O[C@@H]2COCP(=O)(O)O[C@@H]3C(O)[C@H](n4cnc5c(N)ccnc54)O[C@@H]3COP(=O)(O)OC1[C@H]2O.Nc1ncnc2c1ncn2[C@@H]1O[C@@H]2OCP(=O)(O)O[C@@H]3C(O)[C@H](n4cnc5c(N)ccnc54)O[C@@H]3OCP(=O)(O)OC1[C@H]2O. The van der Waals surface area contributed by atoms with Crippen LogP contribution >= 0.6 is 46.0 Å². The first-order valence-corrected chi connectivity index (χ1v) is 49.5. The molecule has 0 radical (unpaired) electrons. The van der Waals surface area contributed by atoms with Gasteiger partial charge in [-0.3, -0.25) is 81.9 Å². The number of hydrogen-bond acceptors (Lipinski definition) is 51. The maximum absolute atomic E-state index is 13.3. The van der Waals surface area contributed by atoms with Crippen LogP contribution in [0.15, 0.2) is 93.7 Å². The Morgan fingerprint density at radius 2 is 0.582 bits per heavy atom. The molecule has 12 unspecified atom stereocenters. The zero-order valence-corrected chi connectivity index (χ0v) is 73.2. The van der Waals surface area contributed by atoms with E-state index in [0.29, 0.717) is 33.6 Å². The molecule has 0 amide bonds. The topological polar surface area (TPSA) is 890 Å². The molecule has 9 aliphatic heterocycles. The Kier molecular flexibility index (Phi) is 25.2. The number of nitrogen functional groups attached to an aromatic ring is 6. The second-order valence-electron chi connectivity index (χ2n) is 31.0. The smallest absolute Gasteiger partial charge is 0.397 e. The van der Waals surface area contributed by atoms with Crippen LogP contribution in [-0.2, 0) is 111 Å². The van der Waals surface area contributed by atoms with E-state index < -0.39 is 245 Å². The van der Waals surface area contributed by atoms with Crippen molar-refractivity contribution in [2.45, 2.75) is 148 Å². The number of phosphoric ester groups is 2. The number of rotatable bonds is 6. The lowest BCUT2D eigenvalue weighted by Crippen LogP contribution is -2.38. The molecule has 24 N–H and O–H groups in total. The van der Waals surface area contributed by atoms with E-state index in [9.17, 15) is 87.4 Å². The number of nitrogens with zero attached hydrogens (tertiary/aromatic N) is 21. The minimum atomic E-state index is -5.05. The van der Waals surface area contributed by atoms with Crippen LogP contribution in [0, 0.1) is 0 Å². The molecule has 12 aromatic heterocycles. The molecule has 720 valence electrons. The Bertz CT molecular complexity index is 6750. The molecule has 0 aromatic carbocycles. The number of pyridine rings is 3. The van der Waals surface area contributed by atoms with Gasteiger partial charge in [0.1, 0.15) is 162 Å². The first-order chi connectivity index (χ1) is 63.8. The van der Waals surface area contributed by atoms with Crippen molar-refractivity contribution in [1.82, 2.24) is 102 Å². The maximum atomic E-state index is 13.3. The highest BCUT2D eigenvalue weighted by atomic mass is 31.2. The zero-order chi connectivity index (χ0) is 94.3. The van der Waals surface area contributed by atoms with Crippen LogP contribution in [0.3, 0.4) is 0 Å². The normalized spacial score (nSPS) is 38.1. The van der Waals surface area contributed by atoms with Gasteiger partial charge in [-0.25, -0.2) is 83.9 Å². The Balaban J connectivity index is 0.000000129. The van der Waals surface area contributed by atoms with Crippen molar-refractivity contribution in [3.63, 3.8) is 0 Å². The lowest BCUT2D eigenvalue weighted by Gasteiger charge is -2.26. The molecule has 0 aliphatic carbocycles. The fraction of sp³-hybridized carbons (Fsp3) is 0.492. The first kappa shape index (κ1) is 93.5. The summed E-state index contributed by atoms with van der Waals surface area (Å²) in [5.41, 5.74) is 39.0. The number of aliphatic hydroxyl groups is 6. The highest BCUT2D eigenvalue weighted by Gasteiger charge is 2.59. The molecule has 0 spiro atoms. The lowest BCUT2D eigenvalue weighted by atomic mass is 10.1. The van der Waals surface area contributed by atoms with Crippen molar-refractivity contribution in [2.75, 3.05) is 86.2 Å². The molecular formula is C65H79N27O36P6. The third kappa shape index (κ3) is 18.0. The molecule has 6 bridgehead atoms. The summed E-state index contributed by atoms with van der Waals surface area (Å²) in [6, 6.07) is 4.57. The number of anilines is 6. The summed E-state index contributed by atoms with van der Waals surface area (Å²) in [5, 5.41) is 66.6. The summed E-state index contributed by atoms with van der Waals surface area (Å²) in [4.78, 5) is 126. The van der Waals surface area contributed by atoms with Gasteiger partial charge in [-0.1, -0.05) is 0 Å². The maximum Gasteiger partial charge on any atom is 0.472 e. The molecule has 134 heavy (non-hydrogen) atoms. The fourth-order valence-electron chi connectivity index (χ4n) is 16.1. The van der Waals surface area contributed by atoms with Crippen molar-refractivity contribution in [1.29, 1.82) is 0 Å².